The molecule has 3 aromatic rings. The summed E-state index contributed by atoms with van der Waals surface area (Å²) in [5.41, 5.74) is 1.31. The van der Waals surface area contributed by atoms with Crippen molar-refractivity contribution in [2.24, 2.45) is 0 Å². The fourth-order valence-corrected chi connectivity index (χ4v) is 3.00. The molecule has 0 aliphatic heterocycles. The number of ether oxygens (including phenoxy) is 1. The predicted molar refractivity (Wildman–Crippen MR) is 102 cm³/mol. The summed E-state index contributed by atoms with van der Waals surface area (Å²) in [5.74, 6) is -1.09. The molecule has 0 bridgehead atoms. The number of aliphatic hydroxyl groups is 1. The molecular weight excluding hydrogens is 403 g/mol. The number of H-pyrrole nitrogens is 1. The van der Waals surface area contributed by atoms with Crippen molar-refractivity contribution < 1.29 is 27.8 Å². The van der Waals surface area contributed by atoms with Gasteiger partial charge in [-0.05, 0) is 43.2 Å². The number of carbonyl (C=O) groups is 1. The Morgan fingerprint density at radius 2 is 1.90 bits per heavy atom. The Hall–Kier alpha value is -3.40. The highest BCUT2D eigenvalue weighted by Gasteiger charge is 2.31. The minimum Gasteiger partial charge on any atom is -0.406 e. The van der Waals surface area contributed by atoms with Crippen LogP contribution in [0.2, 0.25) is 0 Å². The summed E-state index contributed by atoms with van der Waals surface area (Å²) in [5, 5.41) is 12.7. The number of carbonyl (C=O) groups excluding carboxylic acids is 1. The molecule has 0 aliphatic rings. The van der Waals surface area contributed by atoms with Crippen LogP contribution in [0.25, 0.3) is 11.0 Å². The van der Waals surface area contributed by atoms with Crippen molar-refractivity contribution in [3.05, 3.63) is 69.6 Å². The molecule has 0 spiro atoms. The van der Waals surface area contributed by atoms with Crippen LogP contribution < -0.4 is 15.6 Å². The fourth-order valence-electron chi connectivity index (χ4n) is 3.00. The fraction of sp³-hybridized carbons (Fsp3) is 0.250. The number of aromatic nitrogens is 2. The van der Waals surface area contributed by atoms with Gasteiger partial charge in [0.15, 0.2) is 0 Å². The second kappa shape index (κ2) is 8.15. The highest BCUT2D eigenvalue weighted by molar-refractivity contribution is 6.04. The van der Waals surface area contributed by atoms with Crippen molar-refractivity contribution in [2.45, 2.75) is 32.4 Å². The molecule has 1 unspecified atom stereocenters. The summed E-state index contributed by atoms with van der Waals surface area (Å²) in [7, 11) is 0. The number of halogens is 3. The summed E-state index contributed by atoms with van der Waals surface area (Å²) in [6.07, 6.45) is -4.36. The quantitative estimate of drug-likeness (QED) is 0.588. The molecule has 0 radical (unpaired) electrons. The van der Waals surface area contributed by atoms with E-state index < -0.39 is 35.7 Å². The molecule has 1 aromatic carbocycles. The van der Waals surface area contributed by atoms with E-state index in [2.05, 4.69) is 20.0 Å². The monoisotopic (exact) mass is 421 g/mol. The molecule has 0 aliphatic carbocycles. The van der Waals surface area contributed by atoms with Gasteiger partial charge in [-0.25, -0.2) is 0 Å². The highest BCUT2D eigenvalue weighted by atomic mass is 19.4. The second-order valence-corrected chi connectivity index (χ2v) is 6.76. The zero-order valence-corrected chi connectivity index (χ0v) is 15.9. The van der Waals surface area contributed by atoms with Crippen molar-refractivity contribution in [3.8, 4) is 5.75 Å². The van der Waals surface area contributed by atoms with E-state index in [4.69, 9.17) is 0 Å². The zero-order chi connectivity index (χ0) is 22.1. The molecule has 0 fully saturated rings. The maximum absolute atomic E-state index is 12.9. The van der Waals surface area contributed by atoms with Gasteiger partial charge in [0, 0.05) is 12.3 Å². The van der Waals surface area contributed by atoms with E-state index in [0.29, 0.717) is 11.1 Å². The van der Waals surface area contributed by atoms with Gasteiger partial charge in [-0.2, -0.15) is 0 Å². The number of aryl methyl sites for hydroxylation is 1. The number of benzene rings is 1. The lowest BCUT2D eigenvalue weighted by atomic mass is 10.0. The van der Waals surface area contributed by atoms with Crippen LogP contribution in [-0.4, -0.2) is 33.4 Å². The molecule has 2 aromatic heterocycles. The molecule has 7 nitrogen and oxygen atoms in total. The number of rotatable bonds is 5. The van der Waals surface area contributed by atoms with Gasteiger partial charge in [0.2, 0.25) is 5.56 Å². The summed E-state index contributed by atoms with van der Waals surface area (Å²) in [4.78, 5) is 31.6. The molecule has 2 heterocycles. The molecule has 3 N–H and O–H groups in total. The van der Waals surface area contributed by atoms with Crippen molar-refractivity contribution in [2.75, 3.05) is 0 Å². The average Bonchev–Trinajstić information content (AvgIpc) is 2.64. The van der Waals surface area contributed by atoms with E-state index >= 15 is 0 Å². The molecule has 1 amide bonds. The van der Waals surface area contributed by atoms with E-state index in [-0.39, 0.29) is 11.1 Å². The second-order valence-electron chi connectivity index (χ2n) is 6.76. The summed E-state index contributed by atoms with van der Waals surface area (Å²) >= 11 is 0. The number of nitrogens with one attached hydrogen (secondary N) is 2. The Labute approximate surface area is 168 Å². The van der Waals surface area contributed by atoms with E-state index in [1.54, 1.807) is 19.2 Å². The summed E-state index contributed by atoms with van der Waals surface area (Å²) in [6, 6.07) is 6.59. The van der Waals surface area contributed by atoms with Gasteiger partial charge in [0.1, 0.15) is 5.75 Å². The van der Waals surface area contributed by atoms with Crippen LogP contribution in [-0.2, 0) is 0 Å². The zero-order valence-electron chi connectivity index (χ0n) is 15.9. The third-order valence-corrected chi connectivity index (χ3v) is 4.30. The number of amides is 1. The van der Waals surface area contributed by atoms with Crippen molar-refractivity contribution in [1.29, 1.82) is 0 Å². The molecule has 30 heavy (non-hydrogen) atoms. The van der Waals surface area contributed by atoms with E-state index in [0.717, 1.165) is 23.8 Å². The predicted octanol–water partition coefficient (Wildman–Crippen LogP) is 2.98. The van der Waals surface area contributed by atoms with Gasteiger partial charge in [-0.1, -0.05) is 12.1 Å². The maximum Gasteiger partial charge on any atom is 0.573 e. The standard InChI is InChI=1S/C20H18F3N3O4/c1-10-7-15-18(24-9-10)14(8-16(28)25-15)19(29)26-17(11(2)27)12-3-5-13(6-4-12)30-20(21,22)23/h3-9,11,17,27H,1-2H3,(H,25,28)(H,26,29)/t11?,17-/m1/s1. The van der Waals surface area contributed by atoms with Crippen LogP contribution in [0, 0.1) is 6.92 Å². The number of aliphatic hydroxyl groups excluding tert-OH is 1. The van der Waals surface area contributed by atoms with Crippen LogP contribution in [0.4, 0.5) is 13.2 Å². The first-order valence-corrected chi connectivity index (χ1v) is 8.88. The number of nitrogens with zero attached hydrogens (tertiary/aromatic N) is 1. The Balaban J connectivity index is 1.90. The molecular formula is C20H18F3N3O4. The number of fused-ring (bicyclic) bond motifs is 1. The third-order valence-electron chi connectivity index (χ3n) is 4.30. The number of aromatic amines is 1. The van der Waals surface area contributed by atoms with Crippen molar-refractivity contribution >= 4 is 16.9 Å². The third kappa shape index (κ3) is 4.95. The van der Waals surface area contributed by atoms with Crippen LogP contribution in [0.1, 0.15) is 34.5 Å². The molecule has 158 valence electrons. The molecule has 3 rings (SSSR count). The van der Waals surface area contributed by atoms with E-state index in [1.807, 2.05) is 0 Å². The van der Waals surface area contributed by atoms with Crippen molar-refractivity contribution in [1.82, 2.24) is 15.3 Å². The van der Waals surface area contributed by atoms with Crippen molar-refractivity contribution in [3.63, 3.8) is 0 Å². The molecule has 10 heteroatoms. The maximum atomic E-state index is 12.9. The Morgan fingerprint density at radius 1 is 1.23 bits per heavy atom. The minimum absolute atomic E-state index is 0.0106. The van der Waals surface area contributed by atoms with Gasteiger partial charge >= 0.3 is 6.36 Å². The van der Waals surface area contributed by atoms with Gasteiger partial charge < -0.3 is 20.1 Å². The van der Waals surface area contributed by atoms with Gasteiger partial charge in [-0.3, -0.25) is 14.6 Å². The SMILES string of the molecule is Cc1cnc2c(C(=O)N[C@@H](c3ccc(OC(F)(F)F)cc3)C(C)O)cc(=O)[nH]c2c1. The van der Waals surface area contributed by atoms with E-state index in [1.165, 1.54) is 19.1 Å². The number of hydrogen-bond acceptors (Lipinski definition) is 5. The topological polar surface area (TPSA) is 104 Å². The highest BCUT2D eigenvalue weighted by Crippen LogP contribution is 2.26. The average molecular weight is 421 g/mol. The van der Waals surface area contributed by atoms with Gasteiger partial charge in [-0.15, -0.1) is 13.2 Å². The lowest BCUT2D eigenvalue weighted by Crippen LogP contribution is -2.35. The van der Waals surface area contributed by atoms with Crippen LogP contribution >= 0.6 is 0 Å². The first kappa shape index (κ1) is 21.3. The Bertz CT molecular complexity index is 1120. The Kier molecular flexibility index (Phi) is 5.79. The lowest BCUT2D eigenvalue weighted by Gasteiger charge is -2.22. The molecule has 0 saturated heterocycles. The number of pyridine rings is 2. The first-order valence-electron chi connectivity index (χ1n) is 8.88. The van der Waals surface area contributed by atoms with Gasteiger partial charge in [0.25, 0.3) is 5.91 Å². The summed E-state index contributed by atoms with van der Waals surface area (Å²) in [6.45, 7) is 3.20. The lowest BCUT2D eigenvalue weighted by molar-refractivity contribution is -0.274. The number of hydrogen-bond donors (Lipinski definition) is 3. The van der Waals surface area contributed by atoms with Gasteiger partial charge in [0.05, 0.1) is 28.7 Å². The molecule has 0 saturated carbocycles. The van der Waals surface area contributed by atoms with E-state index in [9.17, 15) is 27.9 Å². The first-order chi connectivity index (χ1) is 14.0. The van der Waals surface area contributed by atoms with Crippen LogP contribution in [0.15, 0.2) is 47.4 Å². The minimum atomic E-state index is -4.83. The van der Waals surface area contributed by atoms with Crippen LogP contribution in [0.3, 0.4) is 0 Å². The number of alkyl halides is 3. The largest absolute Gasteiger partial charge is 0.573 e. The normalized spacial score (nSPS) is 13.7. The van der Waals surface area contributed by atoms with Crippen LogP contribution in [0.5, 0.6) is 5.75 Å². The molecule has 2 atom stereocenters. The summed E-state index contributed by atoms with van der Waals surface area (Å²) < 4.78 is 40.8. The smallest absolute Gasteiger partial charge is 0.406 e. The Morgan fingerprint density at radius 3 is 2.50 bits per heavy atom.